The van der Waals surface area contributed by atoms with Crippen LogP contribution in [0.3, 0.4) is 0 Å². The predicted molar refractivity (Wildman–Crippen MR) is 81.7 cm³/mol. The molecule has 1 fully saturated rings. The van der Waals surface area contributed by atoms with Crippen molar-refractivity contribution in [2.45, 2.75) is 51.0 Å². The van der Waals surface area contributed by atoms with Gasteiger partial charge in [0, 0.05) is 7.05 Å². The standard InChI is InChI=1S/C14H25N5O2/c1-3-9-21-13-17-11(15-2)16-12(18-13)19-14(10-20)7-5-4-6-8-14/h20H,3-10H2,1-2H3,(H2,15,16,17,18,19). The maximum atomic E-state index is 9.76. The van der Waals surface area contributed by atoms with E-state index in [1.54, 1.807) is 7.05 Å². The first-order valence-corrected chi connectivity index (χ1v) is 7.67. The van der Waals surface area contributed by atoms with Crippen LogP contribution < -0.4 is 15.4 Å². The fourth-order valence-electron chi connectivity index (χ4n) is 2.57. The van der Waals surface area contributed by atoms with Gasteiger partial charge in [-0.1, -0.05) is 26.2 Å². The van der Waals surface area contributed by atoms with Gasteiger partial charge in [0.1, 0.15) is 0 Å². The first kappa shape index (κ1) is 15.8. The average Bonchev–Trinajstić information content (AvgIpc) is 2.53. The van der Waals surface area contributed by atoms with Crippen molar-refractivity contribution in [2.75, 3.05) is 30.9 Å². The van der Waals surface area contributed by atoms with Crippen LogP contribution in [0.4, 0.5) is 11.9 Å². The number of anilines is 2. The third kappa shape index (κ3) is 4.17. The zero-order valence-corrected chi connectivity index (χ0v) is 12.9. The summed E-state index contributed by atoms with van der Waals surface area (Å²) in [5, 5.41) is 16.0. The second kappa shape index (κ2) is 7.40. The Balaban J connectivity index is 2.16. The first-order valence-electron chi connectivity index (χ1n) is 7.67. The molecular formula is C14H25N5O2. The number of nitrogens with one attached hydrogen (secondary N) is 2. The third-order valence-electron chi connectivity index (χ3n) is 3.76. The van der Waals surface area contributed by atoms with Crippen molar-refractivity contribution in [3.8, 4) is 6.01 Å². The number of aromatic nitrogens is 3. The fraction of sp³-hybridized carbons (Fsp3) is 0.786. The maximum absolute atomic E-state index is 9.76. The van der Waals surface area contributed by atoms with Gasteiger partial charge in [0.05, 0.1) is 18.8 Å². The molecule has 1 heterocycles. The number of ether oxygens (including phenoxy) is 1. The molecule has 1 saturated carbocycles. The van der Waals surface area contributed by atoms with Crippen LogP contribution in [-0.2, 0) is 0 Å². The molecule has 0 spiro atoms. The molecule has 0 bridgehead atoms. The lowest BCUT2D eigenvalue weighted by Crippen LogP contribution is -2.44. The largest absolute Gasteiger partial charge is 0.463 e. The molecule has 1 aliphatic carbocycles. The summed E-state index contributed by atoms with van der Waals surface area (Å²) in [7, 11) is 1.76. The van der Waals surface area contributed by atoms with E-state index in [0.717, 1.165) is 32.1 Å². The zero-order chi connectivity index (χ0) is 15.1. The minimum Gasteiger partial charge on any atom is -0.463 e. The smallest absolute Gasteiger partial charge is 0.323 e. The maximum Gasteiger partial charge on any atom is 0.323 e. The molecule has 1 aromatic rings. The number of aliphatic hydroxyl groups excluding tert-OH is 1. The van der Waals surface area contributed by atoms with Crippen molar-refractivity contribution in [2.24, 2.45) is 0 Å². The third-order valence-corrected chi connectivity index (χ3v) is 3.76. The number of rotatable bonds is 7. The molecule has 7 heteroatoms. The van der Waals surface area contributed by atoms with E-state index in [1.165, 1.54) is 6.42 Å². The SMILES string of the molecule is CCCOc1nc(NC)nc(NC2(CO)CCCCC2)n1. The Bertz CT molecular complexity index is 449. The molecule has 0 atom stereocenters. The minimum atomic E-state index is -0.327. The monoisotopic (exact) mass is 295 g/mol. The lowest BCUT2D eigenvalue weighted by molar-refractivity contribution is 0.172. The van der Waals surface area contributed by atoms with Crippen molar-refractivity contribution in [1.82, 2.24) is 15.0 Å². The molecule has 118 valence electrons. The Hall–Kier alpha value is -1.63. The van der Waals surface area contributed by atoms with E-state index in [2.05, 4.69) is 25.6 Å². The summed E-state index contributed by atoms with van der Waals surface area (Å²) in [6.07, 6.45) is 6.18. The average molecular weight is 295 g/mol. The zero-order valence-electron chi connectivity index (χ0n) is 12.9. The van der Waals surface area contributed by atoms with Crippen molar-refractivity contribution < 1.29 is 9.84 Å². The topological polar surface area (TPSA) is 92.2 Å². The van der Waals surface area contributed by atoms with Crippen LogP contribution in [0.5, 0.6) is 6.01 Å². The van der Waals surface area contributed by atoms with Gasteiger partial charge in [-0.15, -0.1) is 0 Å². The van der Waals surface area contributed by atoms with E-state index < -0.39 is 0 Å². The van der Waals surface area contributed by atoms with Crippen molar-refractivity contribution in [1.29, 1.82) is 0 Å². The van der Waals surface area contributed by atoms with E-state index >= 15 is 0 Å². The van der Waals surface area contributed by atoms with Crippen molar-refractivity contribution in [3.63, 3.8) is 0 Å². The Morgan fingerprint density at radius 2 is 1.86 bits per heavy atom. The van der Waals surface area contributed by atoms with Gasteiger partial charge in [-0.05, 0) is 19.3 Å². The van der Waals surface area contributed by atoms with Gasteiger partial charge in [0.2, 0.25) is 11.9 Å². The Kier molecular flexibility index (Phi) is 5.55. The van der Waals surface area contributed by atoms with Crippen LogP contribution in [-0.4, -0.2) is 45.9 Å². The van der Waals surface area contributed by atoms with E-state index in [4.69, 9.17) is 4.74 Å². The molecule has 0 aromatic carbocycles. The second-order valence-electron chi connectivity index (χ2n) is 5.49. The van der Waals surface area contributed by atoms with E-state index in [0.29, 0.717) is 24.5 Å². The molecule has 1 aromatic heterocycles. The van der Waals surface area contributed by atoms with Gasteiger partial charge in [0.25, 0.3) is 0 Å². The highest BCUT2D eigenvalue weighted by Crippen LogP contribution is 2.30. The van der Waals surface area contributed by atoms with Crippen LogP contribution in [0.15, 0.2) is 0 Å². The van der Waals surface area contributed by atoms with Crippen LogP contribution in [0.2, 0.25) is 0 Å². The molecule has 7 nitrogen and oxygen atoms in total. The summed E-state index contributed by atoms with van der Waals surface area (Å²) in [4.78, 5) is 12.8. The molecule has 1 aliphatic rings. The Labute approximate surface area is 125 Å². The molecule has 0 aliphatic heterocycles. The lowest BCUT2D eigenvalue weighted by Gasteiger charge is -2.36. The number of hydrogen-bond acceptors (Lipinski definition) is 7. The highest BCUT2D eigenvalue weighted by Gasteiger charge is 2.32. The minimum absolute atomic E-state index is 0.0821. The second-order valence-corrected chi connectivity index (χ2v) is 5.49. The summed E-state index contributed by atoms with van der Waals surface area (Å²) in [5.74, 6) is 0.916. The summed E-state index contributed by atoms with van der Waals surface area (Å²) in [6.45, 7) is 2.68. The highest BCUT2D eigenvalue weighted by atomic mass is 16.5. The van der Waals surface area contributed by atoms with Gasteiger partial charge < -0.3 is 20.5 Å². The summed E-state index contributed by atoms with van der Waals surface area (Å²) in [6, 6.07) is 0.308. The predicted octanol–water partition coefficient (Wildman–Crippen LogP) is 1.81. The molecule has 0 amide bonds. The molecule has 0 saturated heterocycles. The van der Waals surface area contributed by atoms with E-state index in [9.17, 15) is 5.11 Å². The summed E-state index contributed by atoms with van der Waals surface area (Å²) < 4.78 is 5.49. The van der Waals surface area contributed by atoms with Crippen LogP contribution in [0, 0.1) is 0 Å². The molecule has 0 radical (unpaired) electrons. The van der Waals surface area contributed by atoms with Gasteiger partial charge in [-0.25, -0.2) is 0 Å². The van der Waals surface area contributed by atoms with Crippen LogP contribution >= 0.6 is 0 Å². The quantitative estimate of drug-likeness (QED) is 0.706. The summed E-state index contributed by atoms with van der Waals surface area (Å²) >= 11 is 0. The normalized spacial score (nSPS) is 17.3. The number of aliphatic hydroxyl groups is 1. The van der Waals surface area contributed by atoms with Crippen LogP contribution in [0.25, 0.3) is 0 Å². The van der Waals surface area contributed by atoms with Gasteiger partial charge in [0.15, 0.2) is 0 Å². The Morgan fingerprint density at radius 3 is 2.48 bits per heavy atom. The first-order chi connectivity index (χ1) is 10.2. The molecule has 3 N–H and O–H groups in total. The van der Waals surface area contributed by atoms with Crippen molar-refractivity contribution >= 4 is 11.9 Å². The number of hydrogen-bond donors (Lipinski definition) is 3. The fourth-order valence-corrected chi connectivity index (χ4v) is 2.57. The highest BCUT2D eigenvalue weighted by molar-refractivity contribution is 5.38. The molecule has 0 unspecified atom stereocenters. The molecular weight excluding hydrogens is 270 g/mol. The molecule has 21 heavy (non-hydrogen) atoms. The molecule has 2 rings (SSSR count). The van der Waals surface area contributed by atoms with E-state index in [1.807, 2.05) is 6.92 Å². The van der Waals surface area contributed by atoms with Gasteiger partial charge in [-0.2, -0.15) is 15.0 Å². The van der Waals surface area contributed by atoms with Gasteiger partial charge in [-0.3, -0.25) is 0 Å². The van der Waals surface area contributed by atoms with Crippen molar-refractivity contribution in [3.05, 3.63) is 0 Å². The lowest BCUT2D eigenvalue weighted by atomic mass is 9.82. The van der Waals surface area contributed by atoms with Gasteiger partial charge >= 0.3 is 6.01 Å². The Morgan fingerprint density at radius 1 is 1.14 bits per heavy atom. The van der Waals surface area contributed by atoms with E-state index in [-0.39, 0.29) is 12.1 Å². The summed E-state index contributed by atoms with van der Waals surface area (Å²) in [5.41, 5.74) is -0.327. The van der Waals surface area contributed by atoms with Crippen LogP contribution in [0.1, 0.15) is 45.4 Å². The number of nitrogens with zero attached hydrogens (tertiary/aromatic N) is 3.